The molecule has 0 spiro atoms. The molecule has 3 heteroatoms. The minimum absolute atomic E-state index is 0.133. The molecule has 1 saturated carbocycles. The summed E-state index contributed by atoms with van der Waals surface area (Å²) in [5.41, 5.74) is 3.35. The van der Waals surface area contributed by atoms with Gasteiger partial charge in [0, 0.05) is 11.6 Å². The third kappa shape index (κ3) is 3.58. The van der Waals surface area contributed by atoms with Crippen LogP contribution < -0.4 is 5.32 Å². The van der Waals surface area contributed by atoms with Crippen LogP contribution in [-0.2, 0) is 0 Å². The number of amides is 1. The molecule has 0 bridgehead atoms. The molecular weight excluding hydrogens is 253 g/mol. The first kappa shape index (κ1) is 14.5. The first-order chi connectivity index (χ1) is 9.60. The zero-order valence-corrected chi connectivity index (χ0v) is 11.7. The maximum absolute atomic E-state index is 12.8. The molecule has 20 heavy (non-hydrogen) atoms. The van der Waals surface area contributed by atoms with Gasteiger partial charge in [0.2, 0.25) is 0 Å². The van der Waals surface area contributed by atoms with Gasteiger partial charge >= 0.3 is 0 Å². The van der Waals surface area contributed by atoms with Crippen LogP contribution in [0.25, 0.3) is 0 Å². The topological polar surface area (TPSA) is 29.1 Å². The van der Waals surface area contributed by atoms with Crippen LogP contribution in [0.4, 0.5) is 4.39 Å². The third-order valence-electron chi connectivity index (χ3n) is 4.03. The number of halogens is 1. The van der Waals surface area contributed by atoms with Crippen LogP contribution in [0.3, 0.4) is 0 Å². The summed E-state index contributed by atoms with van der Waals surface area (Å²) in [5.74, 6) is 0.554. The summed E-state index contributed by atoms with van der Waals surface area (Å²) in [4.78, 5) is 12.1. The Morgan fingerprint density at radius 3 is 2.75 bits per heavy atom. The summed E-state index contributed by atoms with van der Waals surface area (Å²) in [7, 11) is 0. The van der Waals surface area contributed by atoms with E-state index < -0.39 is 0 Å². The van der Waals surface area contributed by atoms with Crippen LogP contribution in [0.5, 0.6) is 0 Å². The van der Waals surface area contributed by atoms with Gasteiger partial charge in [-0.15, -0.1) is 5.73 Å². The highest BCUT2D eigenvalue weighted by Crippen LogP contribution is 2.30. The average molecular weight is 273 g/mol. The van der Waals surface area contributed by atoms with Gasteiger partial charge in [-0.25, -0.2) is 4.39 Å². The summed E-state index contributed by atoms with van der Waals surface area (Å²) in [6.07, 6.45) is 4.98. The van der Waals surface area contributed by atoms with Crippen molar-refractivity contribution >= 4 is 5.91 Å². The maximum atomic E-state index is 12.8. The molecule has 0 aliphatic heterocycles. The van der Waals surface area contributed by atoms with E-state index in [0.717, 1.165) is 19.3 Å². The Balaban J connectivity index is 1.97. The quantitative estimate of drug-likeness (QED) is 0.836. The number of benzene rings is 1. The third-order valence-corrected chi connectivity index (χ3v) is 4.03. The van der Waals surface area contributed by atoms with E-state index >= 15 is 0 Å². The molecule has 0 radical (unpaired) electrons. The van der Waals surface area contributed by atoms with Crippen molar-refractivity contribution in [1.29, 1.82) is 0 Å². The van der Waals surface area contributed by atoms with Crippen molar-refractivity contribution in [3.63, 3.8) is 0 Å². The van der Waals surface area contributed by atoms with Crippen LogP contribution in [0.15, 0.2) is 42.7 Å². The van der Waals surface area contributed by atoms with E-state index in [-0.39, 0.29) is 17.8 Å². The number of hydrogen-bond donors (Lipinski definition) is 1. The lowest BCUT2D eigenvalue weighted by molar-refractivity contribution is 0.0915. The molecule has 1 aromatic rings. The molecule has 2 nitrogen and oxygen atoms in total. The first-order valence-electron chi connectivity index (χ1n) is 7.02. The van der Waals surface area contributed by atoms with E-state index in [4.69, 9.17) is 0 Å². The molecule has 1 amide bonds. The minimum atomic E-state index is -0.329. The summed E-state index contributed by atoms with van der Waals surface area (Å²) < 4.78 is 12.8. The van der Waals surface area contributed by atoms with Crippen molar-refractivity contribution in [1.82, 2.24) is 5.32 Å². The molecule has 3 atom stereocenters. The molecule has 1 N–H and O–H groups in total. The summed E-state index contributed by atoms with van der Waals surface area (Å²) in [5, 5.41) is 3.03. The van der Waals surface area contributed by atoms with Gasteiger partial charge < -0.3 is 5.32 Å². The Morgan fingerprint density at radius 2 is 2.10 bits per heavy atom. The Hall–Kier alpha value is -1.86. The van der Waals surface area contributed by atoms with E-state index in [9.17, 15) is 9.18 Å². The normalized spacial score (nSPS) is 25.6. The molecule has 3 unspecified atom stereocenters. The van der Waals surface area contributed by atoms with Crippen molar-refractivity contribution in [3.05, 3.63) is 54.0 Å². The monoisotopic (exact) mass is 273 g/mol. The van der Waals surface area contributed by atoms with Crippen LogP contribution in [0, 0.1) is 17.7 Å². The average Bonchev–Trinajstić information content (AvgIpc) is 2.43. The highest BCUT2D eigenvalue weighted by Gasteiger charge is 2.27. The van der Waals surface area contributed by atoms with E-state index in [1.165, 1.54) is 24.3 Å². The van der Waals surface area contributed by atoms with Crippen LogP contribution in [-0.4, -0.2) is 11.9 Å². The lowest BCUT2D eigenvalue weighted by atomic mass is 9.78. The fourth-order valence-electron chi connectivity index (χ4n) is 2.74. The largest absolute Gasteiger partial charge is 0.349 e. The highest BCUT2D eigenvalue weighted by atomic mass is 19.1. The smallest absolute Gasteiger partial charge is 0.251 e. The van der Waals surface area contributed by atoms with Crippen LogP contribution in [0.1, 0.15) is 36.5 Å². The minimum Gasteiger partial charge on any atom is -0.349 e. The number of carbonyl (C=O) groups is 1. The van der Waals surface area contributed by atoms with Crippen molar-refractivity contribution in [2.75, 3.05) is 0 Å². The Kier molecular flexibility index (Phi) is 4.75. The van der Waals surface area contributed by atoms with E-state index in [1.54, 1.807) is 0 Å². The Labute approximate surface area is 119 Å². The highest BCUT2D eigenvalue weighted by molar-refractivity contribution is 5.94. The Morgan fingerprint density at radius 1 is 1.40 bits per heavy atom. The summed E-state index contributed by atoms with van der Waals surface area (Å²) in [6, 6.07) is 5.80. The lowest BCUT2D eigenvalue weighted by Crippen LogP contribution is -2.40. The van der Waals surface area contributed by atoms with Crippen molar-refractivity contribution in [2.24, 2.45) is 11.8 Å². The van der Waals surface area contributed by atoms with Gasteiger partial charge in [0.15, 0.2) is 0 Å². The maximum Gasteiger partial charge on any atom is 0.251 e. The zero-order chi connectivity index (χ0) is 14.5. The molecule has 2 rings (SSSR count). The van der Waals surface area contributed by atoms with Crippen LogP contribution >= 0.6 is 0 Å². The van der Waals surface area contributed by atoms with Gasteiger partial charge in [-0.3, -0.25) is 4.79 Å². The van der Waals surface area contributed by atoms with Gasteiger partial charge in [-0.2, -0.15) is 0 Å². The second-order valence-corrected chi connectivity index (χ2v) is 5.50. The fraction of sp³-hybridized carbons (Fsp3) is 0.412. The number of nitrogens with one attached hydrogen (secondary N) is 1. The van der Waals surface area contributed by atoms with E-state index in [2.05, 4.69) is 24.6 Å². The van der Waals surface area contributed by atoms with Gasteiger partial charge in [0.25, 0.3) is 5.91 Å². The molecule has 1 fully saturated rings. The van der Waals surface area contributed by atoms with Crippen molar-refractivity contribution in [3.8, 4) is 0 Å². The Bertz CT molecular complexity index is 516. The van der Waals surface area contributed by atoms with Gasteiger partial charge in [0.05, 0.1) is 0 Å². The molecule has 0 aromatic heterocycles. The summed E-state index contributed by atoms with van der Waals surface area (Å²) >= 11 is 0. The van der Waals surface area contributed by atoms with Crippen molar-refractivity contribution < 1.29 is 9.18 Å². The predicted molar refractivity (Wildman–Crippen MR) is 77.9 cm³/mol. The van der Waals surface area contributed by atoms with Crippen molar-refractivity contribution in [2.45, 2.75) is 32.2 Å². The fourth-order valence-corrected chi connectivity index (χ4v) is 2.74. The van der Waals surface area contributed by atoms with E-state index in [0.29, 0.717) is 17.4 Å². The number of carbonyl (C=O) groups excluding carboxylic acids is 1. The predicted octanol–water partition coefficient (Wildman–Crippen LogP) is 3.70. The standard InChI is InChI=1S/C17H20FNO/c1-3-4-14-11-16(10-5-12(14)2)19-17(20)13-6-8-15(18)9-7-13/h4,6-9,12,14,16H,1,5,10-11H2,2H3,(H,19,20). The molecule has 106 valence electrons. The second-order valence-electron chi connectivity index (χ2n) is 5.50. The molecule has 1 aromatic carbocycles. The number of allylic oxidation sites excluding steroid dienone is 1. The van der Waals surface area contributed by atoms with Gasteiger partial charge in [-0.05, 0) is 61.4 Å². The second kappa shape index (κ2) is 6.53. The van der Waals surface area contributed by atoms with Crippen LogP contribution in [0.2, 0.25) is 0 Å². The van der Waals surface area contributed by atoms with E-state index in [1.807, 2.05) is 6.08 Å². The lowest BCUT2D eigenvalue weighted by Gasteiger charge is -2.32. The first-order valence-corrected chi connectivity index (χ1v) is 7.02. The molecule has 1 aliphatic carbocycles. The number of rotatable bonds is 3. The SMILES string of the molecule is C=C=CC1CC(NC(=O)c2ccc(F)cc2)CCC1C. The van der Waals surface area contributed by atoms with Gasteiger partial charge in [0.1, 0.15) is 5.82 Å². The molecule has 1 aliphatic rings. The molecular formula is C17H20FNO. The number of hydrogen-bond acceptors (Lipinski definition) is 1. The zero-order valence-electron chi connectivity index (χ0n) is 11.7. The summed E-state index contributed by atoms with van der Waals surface area (Å²) in [6.45, 7) is 5.85. The molecule has 0 saturated heterocycles. The van der Waals surface area contributed by atoms with Gasteiger partial charge in [-0.1, -0.05) is 13.5 Å². The molecule has 0 heterocycles.